The Kier molecular flexibility index (Phi) is 5.07. The molecular weight excluding hydrogens is 304 g/mol. The Balaban J connectivity index is 2.06. The lowest BCUT2D eigenvalue weighted by Crippen LogP contribution is -2.27. The molecule has 0 spiro atoms. The maximum atomic E-state index is 6.01. The van der Waals surface area contributed by atoms with Gasteiger partial charge in [-0.25, -0.2) is 0 Å². The zero-order valence-corrected chi connectivity index (χ0v) is 12.4. The number of aromatic nitrogens is 1. The van der Waals surface area contributed by atoms with Gasteiger partial charge in [-0.15, -0.1) is 0 Å². The SMILES string of the molecule is CC(N)C(OCc1cccc(Br)c1)c1ccncc1. The van der Waals surface area contributed by atoms with Gasteiger partial charge in [0, 0.05) is 22.9 Å². The van der Waals surface area contributed by atoms with Crippen molar-refractivity contribution in [2.24, 2.45) is 5.73 Å². The van der Waals surface area contributed by atoms with Gasteiger partial charge in [-0.2, -0.15) is 0 Å². The summed E-state index contributed by atoms with van der Waals surface area (Å²) in [6.45, 7) is 2.49. The largest absolute Gasteiger partial charge is 0.367 e. The molecule has 0 saturated heterocycles. The monoisotopic (exact) mass is 320 g/mol. The van der Waals surface area contributed by atoms with Crippen molar-refractivity contribution in [3.8, 4) is 0 Å². The Morgan fingerprint density at radius 2 is 2.00 bits per heavy atom. The minimum Gasteiger partial charge on any atom is -0.367 e. The fourth-order valence-corrected chi connectivity index (χ4v) is 2.36. The summed E-state index contributed by atoms with van der Waals surface area (Å²) in [5, 5.41) is 0. The van der Waals surface area contributed by atoms with Crippen molar-refractivity contribution in [2.45, 2.75) is 25.7 Å². The van der Waals surface area contributed by atoms with E-state index in [1.807, 2.05) is 43.3 Å². The zero-order chi connectivity index (χ0) is 13.7. The number of rotatable bonds is 5. The number of ether oxygens (including phenoxy) is 1. The van der Waals surface area contributed by atoms with Gasteiger partial charge in [-0.1, -0.05) is 28.1 Å². The third kappa shape index (κ3) is 4.13. The van der Waals surface area contributed by atoms with Crippen LogP contribution in [0.5, 0.6) is 0 Å². The highest BCUT2D eigenvalue weighted by atomic mass is 79.9. The molecule has 1 aromatic heterocycles. The summed E-state index contributed by atoms with van der Waals surface area (Å²) in [5.74, 6) is 0. The molecule has 0 aliphatic carbocycles. The first kappa shape index (κ1) is 14.2. The lowest BCUT2D eigenvalue weighted by Gasteiger charge is -2.21. The number of nitrogens with two attached hydrogens (primary N) is 1. The maximum absolute atomic E-state index is 6.01. The molecule has 2 rings (SSSR count). The second kappa shape index (κ2) is 6.80. The lowest BCUT2D eigenvalue weighted by molar-refractivity contribution is 0.0258. The molecule has 2 unspecified atom stereocenters. The second-order valence-electron chi connectivity index (χ2n) is 4.50. The van der Waals surface area contributed by atoms with E-state index in [9.17, 15) is 0 Å². The summed E-state index contributed by atoms with van der Waals surface area (Å²) in [7, 11) is 0. The highest BCUT2D eigenvalue weighted by molar-refractivity contribution is 9.10. The molecule has 4 heteroatoms. The summed E-state index contributed by atoms with van der Waals surface area (Å²) < 4.78 is 7.01. The Hall–Kier alpha value is -1.23. The van der Waals surface area contributed by atoms with Crippen molar-refractivity contribution in [2.75, 3.05) is 0 Å². The van der Waals surface area contributed by atoms with Crippen LogP contribution < -0.4 is 5.73 Å². The maximum Gasteiger partial charge on any atom is 0.0978 e. The van der Waals surface area contributed by atoms with Crippen molar-refractivity contribution in [3.63, 3.8) is 0 Å². The van der Waals surface area contributed by atoms with Gasteiger partial charge in [0.05, 0.1) is 12.7 Å². The van der Waals surface area contributed by atoms with Crippen molar-refractivity contribution < 1.29 is 4.74 Å². The average molecular weight is 321 g/mol. The number of halogens is 1. The second-order valence-corrected chi connectivity index (χ2v) is 5.42. The van der Waals surface area contributed by atoms with Crippen LogP contribution in [0.2, 0.25) is 0 Å². The standard InChI is InChI=1S/C15H17BrN2O/c1-11(17)15(13-5-7-18-8-6-13)19-10-12-3-2-4-14(16)9-12/h2-9,11,15H,10,17H2,1H3. The molecule has 0 aliphatic rings. The average Bonchev–Trinajstić information content (AvgIpc) is 2.40. The fraction of sp³-hybridized carbons (Fsp3) is 0.267. The molecule has 100 valence electrons. The normalized spacial score (nSPS) is 14.1. The molecule has 0 radical (unpaired) electrons. The predicted molar refractivity (Wildman–Crippen MR) is 79.6 cm³/mol. The van der Waals surface area contributed by atoms with Gasteiger partial charge >= 0.3 is 0 Å². The van der Waals surface area contributed by atoms with Crippen molar-refractivity contribution in [1.82, 2.24) is 4.98 Å². The minimum atomic E-state index is -0.123. The molecule has 0 amide bonds. The molecule has 0 bridgehead atoms. The molecule has 2 aromatic rings. The van der Waals surface area contributed by atoms with Crippen LogP contribution in [0, 0.1) is 0 Å². The van der Waals surface area contributed by atoms with E-state index >= 15 is 0 Å². The molecule has 19 heavy (non-hydrogen) atoms. The van der Waals surface area contributed by atoms with Crippen molar-refractivity contribution >= 4 is 15.9 Å². The topological polar surface area (TPSA) is 48.1 Å². The Labute approximate surface area is 121 Å². The number of benzene rings is 1. The van der Waals surface area contributed by atoms with Gasteiger partial charge in [-0.05, 0) is 42.3 Å². The van der Waals surface area contributed by atoms with Crippen molar-refractivity contribution in [3.05, 3.63) is 64.4 Å². The predicted octanol–water partition coefficient (Wildman–Crippen LogP) is 3.45. The van der Waals surface area contributed by atoms with Crippen LogP contribution in [0.15, 0.2) is 53.3 Å². The van der Waals surface area contributed by atoms with E-state index in [1.54, 1.807) is 12.4 Å². The van der Waals surface area contributed by atoms with Gasteiger partial charge < -0.3 is 10.5 Å². The molecule has 0 fully saturated rings. The van der Waals surface area contributed by atoms with Gasteiger partial charge in [-0.3, -0.25) is 4.98 Å². The highest BCUT2D eigenvalue weighted by Gasteiger charge is 2.16. The van der Waals surface area contributed by atoms with Gasteiger partial charge in [0.25, 0.3) is 0 Å². The third-order valence-electron chi connectivity index (χ3n) is 2.83. The molecule has 2 N–H and O–H groups in total. The fourth-order valence-electron chi connectivity index (χ4n) is 1.92. The van der Waals surface area contributed by atoms with E-state index in [1.165, 1.54) is 0 Å². The van der Waals surface area contributed by atoms with Gasteiger partial charge in [0.15, 0.2) is 0 Å². The summed E-state index contributed by atoms with van der Waals surface area (Å²) in [5.41, 5.74) is 8.18. The van der Waals surface area contributed by atoms with Crippen LogP contribution in [0.4, 0.5) is 0 Å². The molecule has 2 atom stereocenters. The zero-order valence-electron chi connectivity index (χ0n) is 10.8. The van der Waals surface area contributed by atoms with Crippen LogP contribution in [-0.4, -0.2) is 11.0 Å². The molecule has 0 saturated carbocycles. The first-order valence-corrected chi connectivity index (χ1v) is 6.97. The van der Waals surface area contributed by atoms with Crippen LogP contribution in [0.3, 0.4) is 0 Å². The van der Waals surface area contributed by atoms with E-state index in [4.69, 9.17) is 10.5 Å². The first-order valence-electron chi connectivity index (χ1n) is 6.18. The third-order valence-corrected chi connectivity index (χ3v) is 3.32. The minimum absolute atomic E-state index is 0.0745. The van der Waals surface area contributed by atoms with Crippen LogP contribution in [0.25, 0.3) is 0 Å². The van der Waals surface area contributed by atoms with Crippen LogP contribution in [0.1, 0.15) is 24.2 Å². The van der Waals surface area contributed by atoms with Crippen LogP contribution >= 0.6 is 15.9 Å². The Morgan fingerprint density at radius 1 is 1.26 bits per heavy atom. The van der Waals surface area contributed by atoms with Gasteiger partial charge in [0.1, 0.15) is 0 Å². The summed E-state index contributed by atoms with van der Waals surface area (Å²) >= 11 is 3.45. The van der Waals surface area contributed by atoms with E-state index in [0.29, 0.717) is 6.61 Å². The number of hydrogen-bond donors (Lipinski definition) is 1. The number of nitrogens with zero attached hydrogens (tertiary/aromatic N) is 1. The smallest absolute Gasteiger partial charge is 0.0978 e. The van der Waals surface area contributed by atoms with Crippen molar-refractivity contribution in [1.29, 1.82) is 0 Å². The molecule has 0 aliphatic heterocycles. The summed E-state index contributed by atoms with van der Waals surface area (Å²) in [6, 6.07) is 11.9. The van der Waals surface area contributed by atoms with E-state index in [2.05, 4.69) is 20.9 Å². The van der Waals surface area contributed by atoms with E-state index in [0.717, 1.165) is 15.6 Å². The number of pyridine rings is 1. The summed E-state index contributed by atoms with van der Waals surface area (Å²) in [4.78, 5) is 4.01. The molecule has 1 aromatic carbocycles. The first-order chi connectivity index (χ1) is 9.16. The quantitative estimate of drug-likeness (QED) is 0.917. The lowest BCUT2D eigenvalue weighted by atomic mass is 10.1. The summed E-state index contributed by atoms with van der Waals surface area (Å²) in [6.07, 6.45) is 3.39. The molecular formula is C15H17BrN2O. The molecule has 1 heterocycles. The highest BCUT2D eigenvalue weighted by Crippen LogP contribution is 2.22. The molecule has 3 nitrogen and oxygen atoms in total. The Bertz CT molecular complexity index is 517. The van der Waals surface area contributed by atoms with E-state index in [-0.39, 0.29) is 12.1 Å². The Morgan fingerprint density at radius 3 is 2.63 bits per heavy atom. The number of hydrogen-bond acceptors (Lipinski definition) is 3. The van der Waals surface area contributed by atoms with Gasteiger partial charge in [0.2, 0.25) is 0 Å². The van der Waals surface area contributed by atoms with E-state index < -0.39 is 0 Å². The van der Waals surface area contributed by atoms with Crippen LogP contribution in [-0.2, 0) is 11.3 Å².